The molecule has 188 valence electrons. The van der Waals surface area contributed by atoms with Gasteiger partial charge in [-0.3, -0.25) is 9.59 Å². The third kappa shape index (κ3) is 5.12. The standard InChI is InChI=1S/C31H29NO4S/c33-26-20-21-27(34)32(26)36-28(35)19-11-4-12-22-37-30-29(23-13-5-1-6-14-23)31(30,24-15-7-2-8-16-24)25-17-9-3-10-18-25/h1-3,5-10,13-18H,4,11-12,19-22H2. The van der Waals surface area contributed by atoms with Crippen LogP contribution in [0, 0.1) is 0 Å². The number of hydroxylamine groups is 2. The summed E-state index contributed by atoms with van der Waals surface area (Å²) in [5.74, 6) is -0.478. The maximum absolute atomic E-state index is 12.1. The number of benzene rings is 3. The molecule has 1 aliphatic carbocycles. The van der Waals surface area contributed by atoms with E-state index in [2.05, 4.69) is 84.9 Å². The average Bonchev–Trinajstić information content (AvgIpc) is 3.52. The van der Waals surface area contributed by atoms with Gasteiger partial charge in [-0.1, -0.05) is 97.4 Å². The Morgan fingerprint density at radius 2 is 1.30 bits per heavy atom. The molecule has 0 radical (unpaired) electrons. The van der Waals surface area contributed by atoms with Crippen LogP contribution in [0.4, 0.5) is 0 Å². The summed E-state index contributed by atoms with van der Waals surface area (Å²) in [4.78, 5) is 41.6. The first-order valence-corrected chi connectivity index (χ1v) is 13.7. The van der Waals surface area contributed by atoms with Crippen molar-refractivity contribution in [2.75, 3.05) is 5.75 Å². The molecule has 0 saturated carbocycles. The molecule has 2 amide bonds. The summed E-state index contributed by atoms with van der Waals surface area (Å²) in [5, 5.41) is 0.621. The fourth-order valence-electron chi connectivity index (χ4n) is 5.01. The number of unbranched alkanes of at least 4 members (excludes halogenated alkanes) is 2. The van der Waals surface area contributed by atoms with Gasteiger partial charge in [0.1, 0.15) is 0 Å². The van der Waals surface area contributed by atoms with Gasteiger partial charge in [-0.15, -0.1) is 16.8 Å². The minimum Gasteiger partial charge on any atom is -0.330 e. The Hall–Kier alpha value is -3.64. The van der Waals surface area contributed by atoms with Gasteiger partial charge in [0.25, 0.3) is 11.8 Å². The number of rotatable bonds is 11. The normalized spacial score (nSPS) is 16.3. The molecule has 0 bridgehead atoms. The predicted molar refractivity (Wildman–Crippen MR) is 145 cm³/mol. The molecule has 3 aromatic rings. The average molecular weight is 512 g/mol. The Morgan fingerprint density at radius 3 is 1.86 bits per heavy atom. The molecule has 0 atom stereocenters. The van der Waals surface area contributed by atoms with Crippen LogP contribution in [0.5, 0.6) is 0 Å². The number of imide groups is 1. The summed E-state index contributed by atoms with van der Waals surface area (Å²) in [6.45, 7) is 0. The van der Waals surface area contributed by atoms with Crippen LogP contribution in [0.15, 0.2) is 95.9 Å². The highest BCUT2D eigenvalue weighted by atomic mass is 32.2. The van der Waals surface area contributed by atoms with Gasteiger partial charge in [-0.05, 0) is 40.9 Å². The minimum atomic E-state index is -0.528. The van der Waals surface area contributed by atoms with Gasteiger partial charge >= 0.3 is 5.97 Å². The number of thioether (sulfide) groups is 1. The maximum Gasteiger partial charge on any atom is 0.333 e. The van der Waals surface area contributed by atoms with Gasteiger partial charge in [0, 0.05) is 24.2 Å². The van der Waals surface area contributed by atoms with Gasteiger partial charge in [-0.25, -0.2) is 4.79 Å². The van der Waals surface area contributed by atoms with E-state index in [1.165, 1.54) is 27.2 Å². The molecule has 1 fully saturated rings. The van der Waals surface area contributed by atoms with Crippen molar-refractivity contribution < 1.29 is 19.2 Å². The molecular weight excluding hydrogens is 482 g/mol. The Kier molecular flexibility index (Phi) is 7.56. The molecule has 2 aliphatic rings. The number of nitrogens with zero attached hydrogens (tertiary/aromatic N) is 1. The summed E-state index contributed by atoms with van der Waals surface area (Å²) in [6, 6.07) is 32.0. The second-order valence-corrected chi connectivity index (χ2v) is 10.4. The molecular formula is C31H29NO4S. The Morgan fingerprint density at radius 1 is 0.757 bits per heavy atom. The van der Waals surface area contributed by atoms with Gasteiger partial charge in [0.2, 0.25) is 0 Å². The largest absolute Gasteiger partial charge is 0.333 e. The fraction of sp³-hybridized carbons (Fsp3) is 0.258. The molecule has 1 saturated heterocycles. The van der Waals surface area contributed by atoms with Crippen LogP contribution in [0.1, 0.15) is 55.2 Å². The van der Waals surface area contributed by atoms with E-state index < -0.39 is 17.8 Å². The lowest BCUT2D eigenvalue weighted by molar-refractivity contribution is -0.197. The van der Waals surface area contributed by atoms with Crippen LogP contribution < -0.4 is 0 Å². The molecule has 0 N–H and O–H groups in total. The molecule has 3 aromatic carbocycles. The number of allylic oxidation sites excluding steroid dienone is 2. The fourth-order valence-corrected chi connectivity index (χ4v) is 6.48. The van der Waals surface area contributed by atoms with E-state index in [0.717, 1.165) is 18.6 Å². The predicted octanol–water partition coefficient (Wildman–Crippen LogP) is 6.30. The maximum atomic E-state index is 12.1. The Bertz CT molecular complexity index is 1250. The molecule has 5 nitrogen and oxygen atoms in total. The van der Waals surface area contributed by atoms with E-state index in [4.69, 9.17) is 4.84 Å². The van der Waals surface area contributed by atoms with Gasteiger partial charge in [0.05, 0.1) is 5.41 Å². The summed E-state index contributed by atoms with van der Waals surface area (Å²) in [6.07, 6.45) is 2.88. The van der Waals surface area contributed by atoms with Crippen molar-refractivity contribution in [3.05, 3.63) is 113 Å². The number of amides is 2. The number of carbonyl (C=O) groups excluding carboxylic acids is 3. The lowest BCUT2D eigenvalue weighted by Crippen LogP contribution is -2.31. The second-order valence-electron chi connectivity index (χ2n) is 9.26. The van der Waals surface area contributed by atoms with E-state index in [9.17, 15) is 14.4 Å². The van der Waals surface area contributed by atoms with Gasteiger partial charge in [-0.2, -0.15) is 0 Å². The van der Waals surface area contributed by atoms with E-state index in [-0.39, 0.29) is 24.7 Å². The molecule has 1 aliphatic heterocycles. The van der Waals surface area contributed by atoms with Crippen molar-refractivity contribution in [3.63, 3.8) is 0 Å². The molecule has 0 aromatic heterocycles. The summed E-state index contributed by atoms with van der Waals surface area (Å²) in [7, 11) is 0. The topological polar surface area (TPSA) is 63.7 Å². The number of carbonyl (C=O) groups is 3. The quantitative estimate of drug-likeness (QED) is 0.223. The second kappa shape index (κ2) is 11.2. The number of hydrogen-bond donors (Lipinski definition) is 0. The summed E-state index contributed by atoms with van der Waals surface area (Å²) < 4.78 is 0. The molecule has 0 spiro atoms. The highest BCUT2D eigenvalue weighted by molar-refractivity contribution is 8.03. The zero-order valence-electron chi connectivity index (χ0n) is 20.6. The van der Waals surface area contributed by atoms with Crippen LogP contribution in [-0.4, -0.2) is 28.6 Å². The monoisotopic (exact) mass is 511 g/mol. The molecule has 1 heterocycles. The van der Waals surface area contributed by atoms with Crippen LogP contribution >= 0.6 is 11.8 Å². The van der Waals surface area contributed by atoms with E-state index in [1.807, 2.05) is 17.8 Å². The smallest absolute Gasteiger partial charge is 0.330 e. The van der Waals surface area contributed by atoms with E-state index >= 15 is 0 Å². The van der Waals surface area contributed by atoms with Crippen molar-refractivity contribution >= 4 is 35.1 Å². The molecule has 37 heavy (non-hydrogen) atoms. The highest BCUT2D eigenvalue weighted by Crippen LogP contribution is 2.67. The Labute approximate surface area is 221 Å². The number of hydrogen-bond acceptors (Lipinski definition) is 5. The van der Waals surface area contributed by atoms with Gasteiger partial charge in [0.15, 0.2) is 0 Å². The lowest BCUT2D eigenvalue weighted by Gasteiger charge is -2.22. The minimum absolute atomic E-state index is 0.109. The van der Waals surface area contributed by atoms with Crippen LogP contribution in [0.25, 0.3) is 5.57 Å². The SMILES string of the molecule is O=C(CCCCCSC1=C(c2ccccc2)C1(c1ccccc1)c1ccccc1)ON1C(=O)CCC1=O. The highest BCUT2D eigenvalue weighted by Gasteiger charge is 2.56. The lowest BCUT2D eigenvalue weighted by atomic mass is 9.81. The van der Waals surface area contributed by atoms with Crippen molar-refractivity contribution in [1.82, 2.24) is 5.06 Å². The van der Waals surface area contributed by atoms with E-state index in [0.29, 0.717) is 11.5 Å². The van der Waals surface area contributed by atoms with Crippen LogP contribution in [-0.2, 0) is 24.6 Å². The molecule has 6 heteroatoms. The third-order valence-corrected chi connectivity index (χ3v) is 8.12. The van der Waals surface area contributed by atoms with E-state index in [1.54, 1.807) is 0 Å². The summed E-state index contributed by atoms with van der Waals surface area (Å²) in [5.41, 5.74) is 4.91. The van der Waals surface area contributed by atoms with Crippen LogP contribution in [0.3, 0.4) is 0 Å². The first kappa shape index (κ1) is 25.0. The third-order valence-electron chi connectivity index (χ3n) is 6.83. The van der Waals surface area contributed by atoms with Crippen molar-refractivity contribution in [3.8, 4) is 0 Å². The van der Waals surface area contributed by atoms with Crippen LogP contribution in [0.2, 0.25) is 0 Å². The van der Waals surface area contributed by atoms with Gasteiger partial charge < -0.3 is 4.84 Å². The zero-order chi connectivity index (χ0) is 25.7. The first-order chi connectivity index (χ1) is 18.1. The summed E-state index contributed by atoms with van der Waals surface area (Å²) >= 11 is 1.89. The zero-order valence-corrected chi connectivity index (χ0v) is 21.4. The Balaban J connectivity index is 1.24. The van der Waals surface area contributed by atoms with Crippen molar-refractivity contribution in [1.29, 1.82) is 0 Å². The molecule has 0 unspecified atom stereocenters. The molecule has 5 rings (SSSR count). The van der Waals surface area contributed by atoms with Crippen molar-refractivity contribution in [2.24, 2.45) is 0 Å². The van der Waals surface area contributed by atoms with Crippen molar-refractivity contribution in [2.45, 2.75) is 43.9 Å². The first-order valence-electron chi connectivity index (χ1n) is 12.7.